The lowest BCUT2D eigenvalue weighted by atomic mass is 9.88. The average Bonchev–Trinajstić information content (AvgIpc) is 3.14. The van der Waals surface area contributed by atoms with Gasteiger partial charge in [-0.2, -0.15) is 0 Å². The number of benzene rings is 1. The minimum Gasteiger partial charge on any atom is -0.352 e. The summed E-state index contributed by atoms with van der Waals surface area (Å²) in [5.74, 6) is 7.80. The Bertz CT molecular complexity index is 584. The van der Waals surface area contributed by atoms with Crippen LogP contribution in [0.4, 0.5) is 0 Å². The van der Waals surface area contributed by atoms with E-state index in [1.807, 2.05) is 24.3 Å². The topological polar surface area (TPSA) is 55.1 Å². The molecule has 2 bridgehead atoms. The van der Waals surface area contributed by atoms with Gasteiger partial charge in [-0.15, -0.1) is 0 Å². The van der Waals surface area contributed by atoms with Crippen LogP contribution >= 0.6 is 0 Å². The molecule has 0 heterocycles. The molecule has 0 radical (unpaired) electrons. The Morgan fingerprint density at radius 1 is 1.33 bits per heavy atom. The Hall–Kier alpha value is -1.79. The molecular formula is C18H22N2O. The number of nitrogens with two attached hydrogens (primary N) is 1. The molecule has 3 atom stereocenters. The van der Waals surface area contributed by atoms with Gasteiger partial charge in [0.25, 0.3) is 0 Å². The number of carbonyl (C=O) groups excluding carboxylic acids is 1. The predicted molar refractivity (Wildman–Crippen MR) is 83.2 cm³/mol. The van der Waals surface area contributed by atoms with Crippen LogP contribution in [0.5, 0.6) is 0 Å². The van der Waals surface area contributed by atoms with Crippen LogP contribution in [0.25, 0.3) is 0 Å². The van der Waals surface area contributed by atoms with Crippen molar-refractivity contribution in [2.24, 2.45) is 23.5 Å². The summed E-state index contributed by atoms with van der Waals surface area (Å²) < 4.78 is 0. The standard InChI is InChI=1S/C18H22N2O/c19-8-2-5-13-3-1-4-15(9-13)12-20-18(21)17-11-14-6-7-16(17)10-14/h1,3-4,9,14,16-17H,6-8,10-12,19H2,(H,20,21). The highest BCUT2D eigenvalue weighted by Crippen LogP contribution is 2.48. The molecule has 3 unspecified atom stereocenters. The molecule has 3 rings (SSSR count). The van der Waals surface area contributed by atoms with Crippen LogP contribution in [0.1, 0.15) is 36.8 Å². The second kappa shape index (κ2) is 6.32. The average molecular weight is 282 g/mol. The maximum atomic E-state index is 12.3. The second-order valence-corrected chi connectivity index (χ2v) is 6.21. The van der Waals surface area contributed by atoms with E-state index in [0.29, 0.717) is 19.0 Å². The first-order valence-corrected chi connectivity index (χ1v) is 7.82. The third-order valence-electron chi connectivity index (χ3n) is 4.80. The predicted octanol–water partition coefficient (Wildman–Crippen LogP) is 2.05. The Labute approximate surface area is 126 Å². The molecule has 2 aliphatic carbocycles. The van der Waals surface area contributed by atoms with Crippen molar-refractivity contribution in [3.8, 4) is 11.8 Å². The van der Waals surface area contributed by atoms with Gasteiger partial charge >= 0.3 is 0 Å². The quantitative estimate of drug-likeness (QED) is 0.834. The molecule has 1 aromatic rings. The minimum atomic E-state index is 0.237. The normalized spacial score (nSPS) is 26.2. The number of fused-ring (bicyclic) bond motifs is 2. The fourth-order valence-corrected chi connectivity index (χ4v) is 3.80. The first-order valence-electron chi connectivity index (χ1n) is 7.82. The zero-order chi connectivity index (χ0) is 14.7. The van der Waals surface area contributed by atoms with Gasteiger partial charge in [0.1, 0.15) is 0 Å². The zero-order valence-corrected chi connectivity index (χ0v) is 12.3. The van der Waals surface area contributed by atoms with Crippen molar-refractivity contribution >= 4 is 5.91 Å². The SMILES string of the molecule is NCC#Cc1cccc(CNC(=O)C2CC3CCC2C3)c1. The van der Waals surface area contributed by atoms with E-state index in [0.717, 1.165) is 23.5 Å². The maximum absolute atomic E-state index is 12.3. The monoisotopic (exact) mass is 282 g/mol. The lowest BCUT2D eigenvalue weighted by Crippen LogP contribution is -2.33. The van der Waals surface area contributed by atoms with Crippen LogP contribution in [0.2, 0.25) is 0 Å². The Morgan fingerprint density at radius 2 is 2.24 bits per heavy atom. The Morgan fingerprint density at radius 3 is 2.95 bits per heavy atom. The van der Waals surface area contributed by atoms with Gasteiger partial charge in [-0.25, -0.2) is 0 Å². The summed E-state index contributed by atoms with van der Waals surface area (Å²) in [6.07, 6.45) is 4.93. The van der Waals surface area contributed by atoms with Crippen molar-refractivity contribution in [3.05, 3.63) is 35.4 Å². The van der Waals surface area contributed by atoms with E-state index in [2.05, 4.69) is 17.2 Å². The van der Waals surface area contributed by atoms with Crippen molar-refractivity contribution in [2.45, 2.75) is 32.2 Å². The maximum Gasteiger partial charge on any atom is 0.223 e. The first-order chi connectivity index (χ1) is 10.3. The first kappa shape index (κ1) is 14.2. The Balaban J connectivity index is 1.56. The molecule has 1 amide bonds. The molecule has 0 aliphatic heterocycles. The van der Waals surface area contributed by atoms with E-state index < -0.39 is 0 Å². The minimum absolute atomic E-state index is 0.237. The summed E-state index contributed by atoms with van der Waals surface area (Å²) in [6, 6.07) is 7.97. The van der Waals surface area contributed by atoms with E-state index in [1.54, 1.807) is 0 Å². The van der Waals surface area contributed by atoms with E-state index in [4.69, 9.17) is 5.73 Å². The van der Waals surface area contributed by atoms with Gasteiger partial charge in [0.2, 0.25) is 5.91 Å². The number of rotatable bonds is 3. The van der Waals surface area contributed by atoms with E-state index in [1.165, 1.54) is 19.3 Å². The number of hydrogen-bond acceptors (Lipinski definition) is 2. The van der Waals surface area contributed by atoms with Gasteiger partial charge in [0.15, 0.2) is 0 Å². The van der Waals surface area contributed by atoms with Crippen LogP contribution in [0.3, 0.4) is 0 Å². The van der Waals surface area contributed by atoms with Gasteiger partial charge in [-0.3, -0.25) is 4.79 Å². The number of amides is 1. The van der Waals surface area contributed by atoms with E-state index in [9.17, 15) is 4.79 Å². The molecule has 2 saturated carbocycles. The van der Waals surface area contributed by atoms with Gasteiger partial charge in [0.05, 0.1) is 6.54 Å². The summed E-state index contributed by atoms with van der Waals surface area (Å²) >= 11 is 0. The molecule has 2 fully saturated rings. The lowest BCUT2D eigenvalue weighted by molar-refractivity contribution is -0.126. The molecule has 110 valence electrons. The fourth-order valence-electron chi connectivity index (χ4n) is 3.80. The van der Waals surface area contributed by atoms with Gasteiger partial charge in [-0.05, 0) is 48.8 Å². The highest BCUT2D eigenvalue weighted by molar-refractivity contribution is 5.79. The zero-order valence-electron chi connectivity index (χ0n) is 12.3. The lowest BCUT2D eigenvalue weighted by Gasteiger charge is -2.20. The van der Waals surface area contributed by atoms with Crippen LogP contribution in [-0.4, -0.2) is 12.5 Å². The highest BCUT2D eigenvalue weighted by Gasteiger charge is 2.42. The fraction of sp³-hybridized carbons (Fsp3) is 0.500. The van der Waals surface area contributed by atoms with Crippen LogP contribution in [0.15, 0.2) is 24.3 Å². The third kappa shape index (κ3) is 3.28. The van der Waals surface area contributed by atoms with Crippen molar-refractivity contribution in [3.63, 3.8) is 0 Å². The smallest absolute Gasteiger partial charge is 0.223 e. The van der Waals surface area contributed by atoms with Gasteiger partial charge in [-0.1, -0.05) is 30.4 Å². The molecule has 2 aliphatic rings. The van der Waals surface area contributed by atoms with Crippen molar-refractivity contribution in [1.29, 1.82) is 0 Å². The molecule has 0 aromatic heterocycles. The van der Waals surface area contributed by atoms with Crippen LogP contribution in [-0.2, 0) is 11.3 Å². The van der Waals surface area contributed by atoms with Crippen molar-refractivity contribution in [1.82, 2.24) is 5.32 Å². The molecule has 21 heavy (non-hydrogen) atoms. The van der Waals surface area contributed by atoms with Crippen LogP contribution in [0, 0.1) is 29.6 Å². The second-order valence-electron chi connectivity index (χ2n) is 6.21. The molecule has 3 heteroatoms. The molecule has 0 saturated heterocycles. The van der Waals surface area contributed by atoms with E-state index >= 15 is 0 Å². The molecule has 0 spiro atoms. The van der Waals surface area contributed by atoms with Crippen molar-refractivity contribution in [2.75, 3.05) is 6.54 Å². The van der Waals surface area contributed by atoms with Gasteiger partial charge in [0, 0.05) is 18.0 Å². The largest absolute Gasteiger partial charge is 0.352 e. The summed E-state index contributed by atoms with van der Waals surface area (Å²) in [5, 5.41) is 3.10. The third-order valence-corrected chi connectivity index (χ3v) is 4.80. The number of carbonyl (C=O) groups is 1. The van der Waals surface area contributed by atoms with E-state index in [-0.39, 0.29) is 11.8 Å². The summed E-state index contributed by atoms with van der Waals surface area (Å²) in [4.78, 5) is 12.3. The summed E-state index contributed by atoms with van der Waals surface area (Å²) in [7, 11) is 0. The number of nitrogens with one attached hydrogen (secondary N) is 1. The van der Waals surface area contributed by atoms with Gasteiger partial charge < -0.3 is 11.1 Å². The molecule has 3 nitrogen and oxygen atoms in total. The van der Waals surface area contributed by atoms with Crippen molar-refractivity contribution < 1.29 is 4.79 Å². The summed E-state index contributed by atoms with van der Waals surface area (Å²) in [6.45, 7) is 0.954. The highest BCUT2D eigenvalue weighted by atomic mass is 16.1. The van der Waals surface area contributed by atoms with Crippen LogP contribution < -0.4 is 11.1 Å². The Kier molecular flexibility index (Phi) is 4.26. The number of hydrogen-bond donors (Lipinski definition) is 2. The molecule has 1 aromatic carbocycles. The molecular weight excluding hydrogens is 260 g/mol. The summed E-state index contributed by atoms with van der Waals surface area (Å²) in [5.41, 5.74) is 7.43. The molecule has 3 N–H and O–H groups in total.